The van der Waals surface area contributed by atoms with Crippen LogP contribution in [0, 0.1) is 5.41 Å². The number of guanidine groups is 1. The van der Waals surface area contributed by atoms with Gasteiger partial charge in [0, 0.05) is 38.2 Å². The van der Waals surface area contributed by atoms with Crippen LogP contribution in [0.4, 0.5) is 4.79 Å². The van der Waals surface area contributed by atoms with Crippen molar-refractivity contribution in [2.75, 3.05) is 19.6 Å². The monoisotopic (exact) mass is 668 g/mol. The molecule has 7 atom stereocenters. The van der Waals surface area contributed by atoms with Crippen molar-refractivity contribution in [2.45, 2.75) is 75.1 Å². The third kappa shape index (κ3) is 12.7. The summed E-state index contributed by atoms with van der Waals surface area (Å²) in [5.74, 6) is -5.78. The van der Waals surface area contributed by atoms with Crippen LogP contribution in [0.3, 0.4) is 0 Å². The van der Waals surface area contributed by atoms with E-state index < -0.39 is 103 Å². The van der Waals surface area contributed by atoms with E-state index in [0.29, 0.717) is 19.4 Å². The molecule has 22 nitrogen and oxygen atoms in total. The van der Waals surface area contributed by atoms with E-state index in [9.17, 15) is 38.7 Å². The zero-order chi connectivity index (χ0) is 35.3. The Morgan fingerprint density at radius 3 is 2.38 bits per heavy atom. The van der Waals surface area contributed by atoms with Crippen molar-refractivity contribution in [2.24, 2.45) is 22.9 Å². The molecular formula is C25H44N14O8. The molecule has 0 aliphatic carbocycles. The van der Waals surface area contributed by atoms with Gasteiger partial charge >= 0.3 is 6.03 Å². The fourth-order valence-corrected chi connectivity index (χ4v) is 4.37. The molecule has 0 radical (unpaired) electrons. The highest BCUT2D eigenvalue weighted by molar-refractivity contribution is 6.02. The summed E-state index contributed by atoms with van der Waals surface area (Å²) in [6, 6.07) is -8.49. The minimum absolute atomic E-state index is 0.122. The van der Waals surface area contributed by atoms with Gasteiger partial charge in [-0.25, -0.2) is 4.79 Å². The van der Waals surface area contributed by atoms with Crippen molar-refractivity contribution < 1.29 is 38.7 Å². The average molecular weight is 669 g/mol. The first kappa shape index (κ1) is 38.1. The van der Waals surface area contributed by atoms with Crippen molar-refractivity contribution in [3.05, 3.63) is 11.9 Å². The summed E-state index contributed by atoms with van der Waals surface area (Å²) in [7, 11) is 0. The molecule has 0 aromatic heterocycles. The minimum Gasteiger partial charge on any atom is -0.374 e. The van der Waals surface area contributed by atoms with Gasteiger partial charge in [-0.15, -0.1) is 0 Å². The van der Waals surface area contributed by atoms with Crippen LogP contribution in [0.2, 0.25) is 0 Å². The summed E-state index contributed by atoms with van der Waals surface area (Å²) in [4.78, 5) is 89.8. The average Bonchev–Trinajstić information content (AvgIpc) is 2.99. The first-order valence-corrected chi connectivity index (χ1v) is 14.6. The molecule has 0 aromatic carbocycles. The van der Waals surface area contributed by atoms with E-state index in [1.165, 1.54) is 6.92 Å². The van der Waals surface area contributed by atoms with Gasteiger partial charge < -0.3 is 75.9 Å². The molecule has 0 aromatic rings. The van der Waals surface area contributed by atoms with Crippen molar-refractivity contribution in [1.82, 2.24) is 47.9 Å². The SMILES string of the molecule is C[C@@H]1NC(=O)[C@@H](N)CNC(=O)[C@H](C2C[C@@H](O)NC(=N)N2)NC(=O)/C(=C/NC(N)=O)NC(=O)[C@H](CNC(=O)C[C@@H](N)CCCN)NC1=O. The molecule has 0 spiro atoms. The Morgan fingerprint density at radius 2 is 1.74 bits per heavy atom. The maximum Gasteiger partial charge on any atom is 0.316 e. The van der Waals surface area contributed by atoms with Crippen LogP contribution >= 0.6 is 0 Å². The van der Waals surface area contributed by atoms with Gasteiger partial charge in [0.2, 0.25) is 29.5 Å². The number of carbonyl (C=O) groups excluding carboxylic acids is 7. The van der Waals surface area contributed by atoms with E-state index in [-0.39, 0.29) is 18.8 Å². The summed E-state index contributed by atoms with van der Waals surface area (Å²) in [5.41, 5.74) is 21.8. The molecular weight excluding hydrogens is 624 g/mol. The highest BCUT2D eigenvalue weighted by Crippen LogP contribution is 2.09. The second-order valence-electron chi connectivity index (χ2n) is 10.9. The molecule has 2 saturated heterocycles. The predicted molar refractivity (Wildman–Crippen MR) is 164 cm³/mol. The van der Waals surface area contributed by atoms with Crippen molar-refractivity contribution in [3.63, 3.8) is 0 Å². The number of rotatable bonds is 9. The lowest BCUT2D eigenvalue weighted by molar-refractivity contribution is -0.133. The Bertz CT molecular complexity index is 1250. The Labute approximate surface area is 269 Å². The summed E-state index contributed by atoms with van der Waals surface area (Å²) in [5, 5.41) is 39.2. The van der Waals surface area contributed by atoms with E-state index in [4.69, 9.17) is 28.3 Å². The second kappa shape index (κ2) is 18.2. The molecule has 2 fully saturated rings. The van der Waals surface area contributed by atoms with Gasteiger partial charge in [0.25, 0.3) is 5.91 Å². The smallest absolute Gasteiger partial charge is 0.316 e. The number of aliphatic hydroxyl groups excluding tert-OH is 1. The number of hydrogen-bond donors (Lipinski definition) is 15. The Morgan fingerprint density at radius 1 is 1.04 bits per heavy atom. The normalized spacial score (nSPS) is 27.9. The third-order valence-electron chi connectivity index (χ3n) is 6.90. The molecule has 0 saturated carbocycles. The van der Waals surface area contributed by atoms with Crippen molar-refractivity contribution in [1.29, 1.82) is 5.41 Å². The molecule has 22 heteroatoms. The van der Waals surface area contributed by atoms with E-state index in [2.05, 4.69) is 42.5 Å². The van der Waals surface area contributed by atoms with Gasteiger partial charge in [-0.1, -0.05) is 0 Å². The van der Waals surface area contributed by atoms with E-state index in [0.717, 1.165) is 6.20 Å². The molecule has 2 heterocycles. The molecule has 47 heavy (non-hydrogen) atoms. The number of urea groups is 1. The van der Waals surface area contributed by atoms with E-state index in [1.54, 1.807) is 0 Å². The summed E-state index contributed by atoms with van der Waals surface area (Å²) in [6.45, 7) is 0.715. The van der Waals surface area contributed by atoms with E-state index >= 15 is 0 Å². The maximum absolute atomic E-state index is 13.4. The Balaban J connectivity index is 2.44. The molecule has 262 valence electrons. The summed E-state index contributed by atoms with van der Waals surface area (Å²) in [6.07, 6.45) is 0.176. The first-order valence-electron chi connectivity index (χ1n) is 14.6. The number of nitrogens with two attached hydrogens (primary N) is 4. The quantitative estimate of drug-likeness (QED) is 0.102. The molecule has 2 aliphatic rings. The largest absolute Gasteiger partial charge is 0.374 e. The van der Waals surface area contributed by atoms with Gasteiger partial charge in [-0.05, 0) is 26.3 Å². The number of aliphatic hydroxyl groups is 1. The molecule has 0 bridgehead atoms. The first-order chi connectivity index (χ1) is 22.1. The zero-order valence-corrected chi connectivity index (χ0v) is 25.7. The molecule has 2 aliphatic heterocycles. The molecule has 2 rings (SSSR count). The van der Waals surface area contributed by atoms with Crippen LogP contribution in [0.1, 0.15) is 32.6 Å². The van der Waals surface area contributed by atoms with Gasteiger partial charge in [-0.3, -0.25) is 34.2 Å². The molecule has 19 N–H and O–H groups in total. The predicted octanol–water partition coefficient (Wildman–Crippen LogP) is -7.68. The van der Waals surface area contributed by atoms with Crippen LogP contribution in [0.5, 0.6) is 0 Å². The van der Waals surface area contributed by atoms with Gasteiger partial charge in [0.15, 0.2) is 5.96 Å². The van der Waals surface area contributed by atoms with E-state index in [1.807, 2.05) is 5.32 Å². The molecule has 1 unspecified atom stereocenters. The highest BCUT2D eigenvalue weighted by Gasteiger charge is 2.37. The van der Waals surface area contributed by atoms with Gasteiger partial charge in [0.05, 0.1) is 6.04 Å². The fraction of sp³-hybridized carbons (Fsp3) is 0.600. The fourth-order valence-electron chi connectivity index (χ4n) is 4.37. The number of carbonyl (C=O) groups is 7. The number of hydrogen-bond acceptors (Lipinski definition) is 12. The minimum atomic E-state index is -1.56. The molecule has 8 amide bonds. The Kier molecular flexibility index (Phi) is 14.7. The van der Waals surface area contributed by atoms with Gasteiger partial charge in [-0.2, -0.15) is 0 Å². The van der Waals surface area contributed by atoms with Crippen LogP contribution in [-0.2, 0) is 28.8 Å². The third-order valence-corrected chi connectivity index (χ3v) is 6.90. The summed E-state index contributed by atoms with van der Waals surface area (Å²) >= 11 is 0. The van der Waals surface area contributed by atoms with Gasteiger partial charge in [0.1, 0.15) is 36.1 Å². The summed E-state index contributed by atoms with van der Waals surface area (Å²) < 4.78 is 0. The number of primary amides is 1. The highest BCUT2D eigenvalue weighted by atomic mass is 16.3. The maximum atomic E-state index is 13.4. The van der Waals surface area contributed by atoms with Crippen LogP contribution in [0.15, 0.2) is 11.9 Å². The van der Waals surface area contributed by atoms with Crippen molar-refractivity contribution >= 4 is 47.4 Å². The lowest BCUT2D eigenvalue weighted by atomic mass is 10.0. The lowest BCUT2D eigenvalue weighted by Crippen LogP contribution is -2.66. The van der Waals surface area contributed by atoms with Crippen LogP contribution < -0.4 is 70.8 Å². The van der Waals surface area contributed by atoms with Crippen LogP contribution in [-0.4, -0.2) is 115 Å². The lowest BCUT2D eigenvalue weighted by Gasteiger charge is -2.35. The Hall–Kier alpha value is -5.06. The number of amides is 8. The second-order valence-corrected chi connectivity index (χ2v) is 10.9. The zero-order valence-electron chi connectivity index (χ0n) is 25.7. The number of nitrogens with one attached hydrogen (secondary N) is 10. The standard InChI is InChI=1S/C25H44N14O8/c1-10-19(42)35-14(8-31-16(40)5-11(27)3-2-4-26)21(44)36-15(9-33-25(30)47)22(45)39-18(13-6-17(41)38-24(29)37-13)23(46)32-7-12(28)20(43)34-10/h9-14,17-18,41H,2-8,26-28H2,1H3,(H,31,40)(H,32,46)(H,34,43)(H,35,42)(H,36,44)(H,39,45)(H3,29,37,38)(H3,30,33,47)/b15-9-/t10-,11-,12-,13?,14-,17+,18-/m0/s1. The topological polar surface area (TPSA) is 376 Å². The van der Waals surface area contributed by atoms with Crippen molar-refractivity contribution in [3.8, 4) is 0 Å². The van der Waals surface area contributed by atoms with Crippen LogP contribution in [0.25, 0.3) is 0 Å².